The average molecular weight is 254 g/mol. The highest BCUT2D eigenvalue weighted by Gasteiger charge is 2.10. The van der Waals surface area contributed by atoms with Crippen molar-refractivity contribution < 1.29 is 4.74 Å². The fourth-order valence-electron chi connectivity index (χ4n) is 2.29. The maximum absolute atomic E-state index is 5.24. The molecule has 4 aromatic rings. The zero-order valence-electron chi connectivity index (χ0n) is 9.75. The Morgan fingerprint density at radius 3 is 2.89 bits per heavy atom. The lowest BCUT2D eigenvalue weighted by Crippen LogP contribution is -1.83. The van der Waals surface area contributed by atoms with Gasteiger partial charge in [-0.25, -0.2) is 4.98 Å². The van der Waals surface area contributed by atoms with E-state index in [-0.39, 0.29) is 0 Å². The van der Waals surface area contributed by atoms with Crippen LogP contribution >= 0.6 is 11.3 Å². The van der Waals surface area contributed by atoms with Crippen molar-refractivity contribution in [3.8, 4) is 5.75 Å². The Bertz CT molecular complexity index is 875. The van der Waals surface area contributed by atoms with Crippen molar-refractivity contribution in [3.05, 3.63) is 42.5 Å². The number of nitrogens with zero attached hydrogens (tertiary/aromatic N) is 2. The van der Waals surface area contributed by atoms with Crippen LogP contribution in [0.25, 0.3) is 26.2 Å². The molecule has 0 fully saturated rings. The fraction of sp³-hybridized carbons (Fsp3) is 0.0714. The number of fused-ring (bicyclic) bond motifs is 5. The van der Waals surface area contributed by atoms with Gasteiger partial charge in [-0.2, -0.15) is 0 Å². The molecule has 0 atom stereocenters. The van der Waals surface area contributed by atoms with Gasteiger partial charge in [0.15, 0.2) is 4.96 Å². The summed E-state index contributed by atoms with van der Waals surface area (Å²) in [5, 5.41) is 0. The second-order valence-electron chi connectivity index (χ2n) is 4.15. The van der Waals surface area contributed by atoms with Crippen LogP contribution in [-0.4, -0.2) is 16.5 Å². The highest BCUT2D eigenvalue weighted by atomic mass is 32.1. The quantitative estimate of drug-likeness (QED) is 0.517. The van der Waals surface area contributed by atoms with Crippen LogP contribution in [0, 0.1) is 0 Å². The van der Waals surface area contributed by atoms with E-state index in [0.717, 1.165) is 21.7 Å². The number of imidazole rings is 1. The minimum Gasteiger partial charge on any atom is -0.497 e. The number of rotatable bonds is 1. The summed E-state index contributed by atoms with van der Waals surface area (Å²) in [5.41, 5.74) is 3.32. The van der Waals surface area contributed by atoms with Crippen LogP contribution < -0.4 is 4.74 Å². The van der Waals surface area contributed by atoms with E-state index < -0.39 is 0 Å². The molecule has 4 rings (SSSR count). The van der Waals surface area contributed by atoms with Crippen molar-refractivity contribution in [2.75, 3.05) is 7.11 Å². The Hall–Kier alpha value is -2.07. The van der Waals surface area contributed by atoms with Crippen molar-refractivity contribution in [2.45, 2.75) is 0 Å². The van der Waals surface area contributed by atoms with Crippen LogP contribution in [0.1, 0.15) is 0 Å². The molecule has 2 aromatic heterocycles. The van der Waals surface area contributed by atoms with E-state index in [9.17, 15) is 0 Å². The normalized spacial score (nSPS) is 11.6. The molecule has 0 aliphatic heterocycles. The zero-order valence-corrected chi connectivity index (χ0v) is 10.6. The second-order valence-corrected chi connectivity index (χ2v) is 5.16. The number of ether oxygens (including phenoxy) is 1. The van der Waals surface area contributed by atoms with Gasteiger partial charge in [-0.3, -0.25) is 4.40 Å². The van der Waals surface area contributed by atoms with Crippen molar-refractivity contribution in [3.63, 3.8) is 0 Å². The molecule has 0 N–H and O–H groups in total. The number of benzene rings is 2. The smallest absolute Gasteiger partial charge is 0.195 e. The molecule has 0 bridgehead atoms. The molecular weight excluding hydrogens is 244 g/mol. The van der Waals surface area contributed by atoms with Crippen molar-refractivity contribution in [1.29, 1.82) is 0 Å². The second kappa shape index (κ2) is 3.46. The molecular formula is C14H10N2OS. The molecule has 0 amide bonds. The van der Waals surface area contributed by atoms with Gasteiger partial charge < -0.3 is 4.74 Å². The lowest BCUT2D eigenvalue weighted by Gasteiger charge is -1.98. The summed E-state index contributed by atoms with van der Waals surface area (Å²) in [4.78, 5) is 5.69. The molecule has 0 radical (unpaired) electrons. The Balaban J connectivity index is 2.20. The summed E-state index contributed by atoms with van der Waals surface area (Å²) in [6, 6.07) is 14.4. The van der Waals surface area contributed by atoms with E-state index in [0.29, 0.717) is 0 Å². The predicted octanol–water partition coefficient (Wildman–Crippen LogP) is 3.71. The molecule has 0 aliphatic carbocycles. The summed E-state index contributed by atoms with van der Waals surface area (Å²) in [6.45, 7) is 0. The minimum atomic E-state index is 0.845. The Labute approximate surface area is 107 Å². The first-order chi connectivity index (χ1) is 8.86. The molecule has 0 saturated carbocycles. The molecule has 18 heavy (non-hydrogen) atoms. The van der Waals surface area contributed by atoms with E-state index in [1.54, 1.807) is 18.4 Å². The first-order valence-electron chi connectivity index (χ1n) is 5.70. The zero-order chi connectivity index (χ0) is 12.1. The van der Waals surface area contributed by atoms with E-state index >= 15 is 0 Å². The molecule has 0 saturated heterocycles. The van der Waals surface area contributed by atoms with Gasteiger partial charge in [0, 0.05) is 6.07 Å². The van der Waals surface area contributed by atoms with Gasteiger partial charge in [0.2, 0.25) is 0 Å². The highest BCUT2D eigenvalue weighted by molar-refractivity contribution is 7.23. The minimum absolute atomic E-state index is 0.845. The van der Waals surface area contributed by atoms with Crippen molar-refractivity contribution in [2.24, 2.45) is 0 Å². The summed E-state index contributed by atoms with van der Waals surface area (Å²) < 4.78 is 8.70. The average Bonchev–Trinajstić information content (AvgIpc) is 2.92. The van der Waals surface area contributed by atoms with Crippen LogP contribution in [0.5, 0.6) is 5.75 Å². The molecule has 0 unspecified atom stereocenters. The summed E-state index contributed by atoms with van der Waals surface area (Å²) in [5.74, 6) is 0.845. The molecule has 0 aliphatic rings. The van der Waals surface area contributed by atoms with E-state index in [4.69, 9.17) is 4.74 Å². The van der Waals surface area contributed by atoms with Gasteiger partial charge in [0.25, 0.3) is 0 Å². The first kappa shape index (κ1) is 9.91. The van der Waals surface area contributed by atoms with Crippen molar-refractivity contribution >= 4 is 37.5 Å². The van der Waals surface area contributed by atoms with Crippen LogP contribution in [0.4, 0.5) is 0 Å². The van der Waals surface area contributed by atoms with Gasteiger partial charge in [-0.1, -0.05) is 23.5 Å². The van der Waals surface area contributed by atoms with Crippen LogP contribution in [0.3, 0.4) is 0 Å². The van der Waals surface area contributed by atoms with Crippen LogP contribution in [0.2, 0.25) is 0 Å². The van der Waals surface area contributed by atoms with E-state index in [2.05, 4.69) is 39.7 Å². The first-order valence-corrected chi connectivity index (χ1v) is 6.52. The Morgan fingerprint density at radius 1 is 1.11 bits per heavy atom. The monoisotopic (exact) mass is 254 g/mol. The lowest BCUT2D eigenvalue weighted by atomic mass is 10.3. The molecule has 0 spiro atoms. The summed E-state index contributed by atoms with van der Waals surface area (Å²) in [7, 11) is 1.68. The predicted molar refractivity (Wildman–Crippen MR) is 74.6 cm³/mol. The third-order valence-corrected chi connectivity index (χ3v) is 4.16. The number of thiazole rings is 1. The molecule has 2 heterocycles. The Morgan fingerprint density at radius 2 is 2.00 bits per heavy atom. The molecule has 3 nitrogen and oxygen atoms in total. The number of methoxy groups -OCH3 is 1. The number of para-hydroxylation sites is 1. The number of hydrogen-bond acceptors (Lipinski definition) is 3. The maximum Gasteiger partial charge on any atom is 0.195 e. The van der Waals surface area contributed by atoms with Gasteiger partial charge in [-0.05, 0) is 24.3 Å². The van der Waals surface area contributed by atoms with Gasteiger partial charge in [0.05, 0.1) is 28.4 Å². The largest absolute Gasteiger partial charge is 0.497 e. The third-order valence-electron chi connectivity index (χ3n) is 3.14. The topological polar surface area (TPSA) is 26.5 Å². The lowest BCUT2D eigenvalue weighted by molar-refractivity contribution is 0.415. The molecule has 4 heteroatoms. The molecule has 2 aromatic carbocycles. The maximum atomic E-state index is 5.24. The summed E-state index contributed by atoms with van der Waals surface area (Å²) in [6.07, 6.45) is 0. The highest BCUT2D eigenvalue weighted by Crippen LogP contribution is 2.31. The van der Waals surface area contributed by atoms with Gasteiger partial charge in [0.1, 0.15) is 5.75 Å². The van der Waals surface area contributed by atoms with Gasteiger partial charge >= 0.3 is 0 Å². The van der Waals surface area contributed by atoms with Crippen molar-refractivity contribution in [1.82, 2.24) is 9.38 Å². The van der Waals surface area contributed by atoms with Crippen LogP contribution in [0.15, 0.2) is 42.5 Å². The van der Waals surface area contributed by atoms with E-state index in [1.807, 2.05) is 12.1 Å². The van der Waals surface area contributed by atoms with Crippen LogP contribution in [-0.2, 0) is 0 Å². The van der Waals surface area contributed by atoms with E-state index in [1.165, 1.54) is 10.2 Å². The SMILES string of the molecule is COc1ccc2c(c1)nc1sc3ccccc3n12. The Kier molecular flexibility index (Phi) is 1.91. The molecule has 88 valence electrons. The third kappa shape index (κ3) is 1.21. The fourth-order valence-corrected chi connectivity index (χ4v) is 3.33. The number of hydrogen-bond donors (Lipinski definition) is 0. The summed E-state index contributed by atoms with van der Waals surface area (Å²) >= 11 is 1.71. The van der Waals surface area contributed by atoms with Gasteiger partial charge in [-0.15, -0.1) is 0 Å². The standard InChI is InChI=1S/C14H10N2OS/c1-17-9-6-7-11-10(8-9)15-14-16(11)12-4-2-3-5-13(12)18-14/h2-8H,1H3. The number of aromatic nitrogens is 2.